The molecule has 2 N–H and O–H groups in total. The van der Waals surface area contributed by atoms with Crippen LogP contribution in [0.2, 0.25) is 0 Å². The molecule has 0 aromatic carbocycles. The number of aryl methyl sites for hydroxylation is 1. The third-order valence-electron chi connectivity index (χ3n) is 2.52. The molecular weight excluding hydrogens is 244 g/mol. The summed E-state index contributed by atoms with van der Waals surface area (Å²) < 4.78 is 1.48. The molecule has 19 heavy (non-hydrogen) atoms. The van der Waals surface area contributed by atoms with Crippen LogP contribution in [-0.2, 0) is 6.54 Å². The molecule has 0 bridgehead atoms. The first-order chi connectivity index (χ1) is 9.01. The zero-order chi connectivity index (χ0) is 14.0. The van der Waals surface area contributed by atoms with Gasteiger partial charge in [-0.25, -0.2) is 14.6 Å². The number of hydrogen-bond donors (Lipinski definition) is 1. The Morgan fingerprint density at radius 2 is 2.16 bits per heavy atom. The normalized spacial score (nSPS) is 10.5. The van der Waals surface area contributed by atoms with E-state index in [0.29, 0.717) is 18.2 Å². The van der Waals surface area contributed by atoms with Gasteiger partial charge in [0, 0.05) is 32.5 Å². The van der Waals surface area contributed by atoms with Crippen LogP contribution in [0.25, 0.3) is 5.95 Å². The van der Waals surface area contributed by atoms with Crippen molar-refractivity contribution in [3.05, 3.63) is 35.4 Å². The van der Waals surface area contributed by atoms with Crippen LogP contribution in [0.5, 0.6) is 0 Å². The van der Waals surface area contributed by atoms with Gasteiger partial charge in [0.15, 0.2) is 5.69 Å². The quantitative estimate of drug-likeness (QED) is 0.847. The fourth-order valence-electron chi connectivity index (χ4n) is 1.60. The molecule has 0 aliphatic heterocycles. The Bertz CT molecular complexity index is 604. The Labute approximate surface area is 111 Å². The fraction of sp³-hybridized carbons (Fsp3) is 0.333. The summed E-state index contributed by atoms with van der Waals surface area (Å²) in [6.45, 7) is 2.20. The molecule has 2 rings (SSSR count). The third kappa shape index (κ3) is 2.76. The van der Waals surface area contributed by atoms with Gasteiger partial charge in [0.05, 0.1) is 5.69 Å². The summed E-state index contributed by atoms with van der Waals surface area (Å²) in [5, 5.41) is 4.18. The van der Waals surface area contributed by atoms with E-state index >= 15 is 0 Å². The molecule has 0 atom stereocenters. The SMILES string of the molecule is Cc1cc(CN)nc(-n2ccc(C(=O)N(C)C)n2)n1. The summed E-state index contributed by atoms with van der Waals surface area (Å²) in [4.78, 5) is 21.8. The molecule has 0 aliphatic rings. The van der Waals surface area contributed by atoms with E-state index in [1.54, 1.807) is 26.4 Å². The molecule has 2 heterocycles. The van der Waals surface area contributed by atoms with E-state index in [-0.39, 0.29) is 5.91 Å². The van der Waals surface area contributed by atoms with Crippen LogP contribution in [0.3, 0.4) is 0 Å². The largest absolute Gasteiger partial charge is 0.343 e. The Hall–Kier alpha value is -2.28. The van der Waals surface area contributed by atoms with Crippen LogP contribution in [0.15, 0.2) is 18.3 Å². The number of carbonyl (C=O) groups excluding carboxylic acids is 1. The van der Waals surface area contributed by atoms with Crippen molar-refractivity contribution in [2.45, 2.75) is 13.5 Å². The van der Waals surface area contributed by atoms with Gasteiger partial charge in [-0.1, -0.05) is 0 Å². The minimum Gasteiger partial charge on any atom is -0.343 e. The monoisotopic (exact) mass is 260 g/mol. The van der Waals surface area contributed by atoms with Crippen LogP contribution >= 0.6 is 0 Å². The van der Waals surface area contributed by atoms with E-state index < -0.39 is 0 Å². The van der Waals surface area contributed by atoms with Crippen LogP contribution < -0.4 is 5.73 Å². The number of carbonyl (C=O) groups is 1. The molecular formula is C12H16N6O. The van der Waals surface area contributed by atoms with Crippen molar-refractivity contribution in [1.82, 2.24) is 24.6 Å². The molecule has 2 aromatic heterocycles. The summed E-state index contributed by atoms with van der Waals surface area (Å²) in [7, 11) is 3.36. The Morgan fingerprint density at radius 3 is 2.79 bits per heavy atom. The maximum absolute atomic E-state index is 11.8. The van der Waals surface area contributed by atoms with Gasteiger partial charge < -0.3 is 10.6 Å². The average molecular weight is 260 g/mol. The molecule has 7 heteroatoms. The lowest BCUT2D eigenvalue weighted by Gasteiger charge is -2.07. The van der Waals surface area contributed by atoms with Gasteiger partial charge in [0.2, 0.25) is 0 Å². The number of hydrogen-bond acceptors (Lipinski definition) is 5. The van der Waals surface area contributed by atoms with Crippen molar-refractivity contribution >= 4 is 5.91 Å². The molecule has 2 aromatic rings. The van der Waals surface area contributed by atoms with Crippen LogP contribution in [0, 0.1) is 6.92 Å². The highest BCUT2D eigenvalue weighted by molar-refractivity contribution is 5.91. The number of nitrogens with zero attached hydrogens (tertiary/aromatic N) is 5. The van der Waals surface area contributed by atoms with Crippen molar-refractivity contribution in [3.8, 4) is 5.95 Å². The molecule has 0 fully saturated rings. The number of amides is 1. The van der Waals surface area contributed by atoms with Crippen LogP contribution in [0.4, 0.5) is 0 Å². The second-order valence-electron chi connectivity index (χ2n) is 4.35. The molecule has 100 valence electrons. The van der Waals surface area contributed by atoms with E-state index in [1.165, 1.54) is 9.58 Å². The third-order valence-corrected chi connectivity index (χ3v) is 2.52. The van der Waals surface area contributed by atoms with Gasteiger partial charge in [0.25, 0.3) is 11.9 Å². The Balaban J connectivity index is 2.37. The molecule has 0 unspecified atom stereocenters. The van der Waals surface area contributed by atoms with E-state index in [2.05, 4.69) is 15.1 Å². The highest BCUT2D eigenvalue weighted by Crippen LogP contribution is 2.06. The maximum atomic E-state index is 11.8. The molecule has 0 saturated carbocycles. The lowest BCUT2D eigenvalue weighted by Crippen LogP contribution is -2.22. The van der Waals surface area contributed by atoms with E-state index in [1.807, 2.05) is 13.0 Å². The first kappa shape index (κ1) is 13.2. The van der Waals surface area contributed by atoms with Gasteiger partial charge in [0.1, 0.15) is 0 Å². The van der Waals surface area contributed by atoms with Crippen LogP contribution in [0.1, 0.15) is 21.9 Å². The lowest BCUT2D eigenvalue weighted by atomic mass is 10.3. The predicted octanol–water partition coefficient (Wildman–Crippen LogP) is 0.131. The van der Waals surface area contributed by atoms with Gasteiger partial charge in [-0.3, -0.25) is 4.79 Å². The van der Waals surface area contributed by atoms with Crippen molar-refractivity contribution < 1.29 is 4.79 Å². The molecule has 0 spiro atoms. The average Bonchev–Trinajstić information content (AvgIpc) is 2.86. The first-order valence-electron chi connectivity index (χ1n) is 5.83. The lowest BCUT2D eigenvalue weighted by molar-refractivity contribution is 0.0821. The highest BCUT2D eigenvalue weighted by atomic mass is 16.2. The molecule has 0 saturated heterocycles. The van der Waals surface area contributed by atoms with Gasteiger partial charge in [-0.05, 0) is 19.1 Å². The summed E-state index contributed by atoms with van der Waals surface area (Å²) in [5.74, 6) is 0.253. The smallest absolute Gasteiger partial charge is 0.273 e. The second-order valence-corrected chi connectivity index (χ2v) is 4.35. The van der Waals surface area contributed by atoms with Gasteiger partial charge in [-0.2, -0.15) is 5.10 Å². The minimum absolute atomic E-state index is 0.162. The fourth-order valence-corrected chi connectivity index (χ4v) is 1.60. The van der Waals surface area contributed by atoms with E-state index in [9.17, 15) is 4.79 Å². The minimum atomic E-state index is -0.162. The molecule has 0 aliphatic carbocycles. The molecule has 1 amide bonds. The molecule has 0 radical (unpaired) electrons. The van der Waals surface area contributed by atoms with Crippen molar-refractivity contribution in [2.24, 2.45) is 5.73 Å². The van der Waals surface area contributed by atoms with Crippen molar-refractivity contribution in [2.75, 3.05) is 14.1 Å². The van der Waals surface area contributed by atoms with Crippen molar-refractivity contribution in [1.29, 1.82) is 0 Å². The number of rotatable bonds is 3. The van der Waals surface area contributed by atoms with E-state index in [0.717, 1.165) is 11.4 Å². The standard InChI is InChI=1S/C12H16N6O/c1-8-6-9(7-13)15-12(14-8)18-5-4-10(16-18)11(19)17(2)3/h4-6H,7,13H2,1-3H3. The Morgan fingerprint density at radius 1 is 1.42 bits per heavy atom. The second kappa shape index (κ2) is 5.15. The Kier molecular flexibility index (Phi) is 3.57. The molecule has 7 nitrogen and oxygen atoms in total. The topological polar surface area (TPSA) is 89.9 Å². The highest BCUT2D eigenvalue weighted by Gasteiger charge is 2.13. The number of aromatic nitrogens is 4. The van der Waals surface area contributed by atoms with Crippen molar-refractivity contribution in [3.63, 3.8) is 0 Å². The maximum Gasteiger partial charge on any atom is 0.273 e. The summed E-state index contributed by atoms with van der Waals surface area (Å²) >= 11 is 0. The summed E-state index contributed by atoms with van der Waals surface area (Å²) in [6.07, 6.45) is 1.66. The predicted molar refractivity (Wildman–Crippen MR) is 69.8 cm³/mol. The van der Waals surface area contributed by atoms with Gasteiger partial charge in [-0.15, -0.1) is 0 Å². The number of nitrogens with two attached hydrogens (primary N) is 1. The zero-order valence-corrected chi connectivity index (χ0v) is 11.2. The first-order valence-corrected chi connectivity index (χ1v) is 5.83. The van der Waals surface area contributed by atoms with E-state index in [4.69, 9.17) is 5.73 Å². The zero-order valence-electron chi connectivity index (χ0n) is 11.2. The summed E-state index contributed by atoms with van der Waals surface area (Å²) in [6, 6.07) is 3.45. The van der Waals surface area contributed by atoms with Crippen LogP contribution in [-0.4, -0.2) is 44.7 Å². The summed E-state index contributed by atoms with van der Waals surface area (Å²) in [5.41, 5.74) is 7.47. The van der Waals surface area contributed by atoms with Gasteiger partial charge >= 0.3 is 0 Å².